The Bertz CT molecular complexity index is 841. The van der Waals surface area contributed by atoms with Crippen molar-refractivity contribution in [2.24, 2.45) is 0 Å². The summed E-state index contributed by atoms with van der Waals surface area (Å²) < 4.78 is 41.4. The van der Waals surface area contributed by atoms with Crippen LogP contribution < -0.4 is 19.5 Å². The van der Waals surface area contributed by atoms with Gasteiger partial charge in [0.15, 0.2) is 17.3 Å². The molecule has 1 aromatic carbocycles. The van der Waals surface area contributed by atoms with Gasteiger partial charge >= 0.3 is 0 Å². The Labute approximate surface area is 158 Å². The minimum Gasteiger partial charge on any atom is -0.493 e. The zero-order chi connectivity index (χ0) is 18.6. The average Bonchev–Trinajstić information content (AvgIpc) is 3.00. The molecule has 0 aliphatic rings. The predicted molar refractivity (Wildman–Crippen MR) is 101 cm³/mol. The van der Waals surface area contributed by atoms with Crippen molar-refractivity contribution < 1.29 is 22.4 Å². The van der Waals surface area contributed by atoms with E-state index in [1.807, 2.05) is 14.0 Å². The summed E-state index contributed by atoms with van der Waals surface area (Å²) in [5.41, 5.74) is 0.738. The monoisotopic (exact) mass is 406 g/mol. The zero-order valence-corrected chi connectivity index (χ0v) is 16.8. The van der Waals surface area contributed by atoms with E-state index in [1.54, 1.807) is 12.1 Å². The third-order valence-electron chi connectivity index (χ3n) is 3.47. The van der Waals surface area contributed by atoms with E-state index in [0.29, 0.717) is 23.6 Å². The minimum absolute atomic E-state index is 0. The number of ether oxygens (including phenoxy) is 2. The topological polar surface area (TPSA) is 116 Å². The molecule has 1 atom stereocenters. The van der Waals surface area contributed by atoms with Crippen LogP contribution in [0.2, 0.25) is 0 Å². The summed E-state index contributed by atoms with van der Waals surface area (Å²) in [6, 6.07) is 3.39. The minimum atomic E-state index is -3.51. The molecule has 0 radical (unpaired) electrons. The second kappa shape index (κ2) is 9.06. The van der Waals surface area contributed by atoms with Crippen molar-refractivity contribution in [2.75, 3.05) is 32.2 Å². The molecule has 26 heavy (non-hydrogen) atoms. The fourth-order valence-corrected chi connectivity index (χ4v) is 2.74. The van der Waals surface area contributed by atoms with Gasteiger partial charge in [-0.1, -0.05) is 5.16 Å². The van der Waals surface area contributed by atoms with Gasteiger partial charge in [-0.05, 0) is 26.1 Å². The van der Waals surface area contributed by atoms with Gasteiger partial charge in [-0.2, -0.15) is 4.98 Å². The van der Waals surface area contributed by atoms with Crippen molar-refractivity contribution in [2.45, 2.75) is 19.4 Å². The second-order valence-electron chi connectivity index (χ2n) is 5.54. The number of rotatable bonds is 8. The number of sulfonamides is 1. The van der Waals surface area contributed by atoms with E-state index in [2.05, 4.69) is 20.2 Å². The maximum atomic E-state index is 11.6. The third kappa shape index (κ3) is 5.48. The molecule has 0 saturated heterocycles. The van der Waals surface area contributed by atoms with Crippen LogP contribution in [0.15, 0.2) is 16.7 Å². The molecule has 0 fully saturated rings. The summed E-state index contributed by atoms with van der Waals surface area (Å²) in [5, 5.41) is 7.04. The maximum Gasteiger partial charge on any atom is 0.258 e. The number of anilines is 1. The Kier molecular flexibility index (Phi) is 7.67. The Morgan fingerprint density at radius 1 is 1.27 bits per heavy atom. The Balaban J connectivity index is 0.00000338. The summed E-state index contributed by atoms with van der Waals surface area (Å²) in [6.07, 6.45) is 1.65. The molecular weight excluding hydrogens is 384 g/mol. The number of hydrogen-bond acceptors (Lipinski definition) is 8. The lowest BCUT2D eigenvalue weighted by Gasteiger charge is -2.14. The van der Waals surface area contributed by atoms with Crippen molar-refractivity contribution in [1.82, 2.24) is 15.5 Å². The molecule has 2 aromatic rings. The molecule has 0 saturated carbocycles. The molecule has 0 aliphatic carbocycles. The highest BCUT2D eigenvalue weighted by atomic mass is 35.5. The van der Waals surface area contributed by atoms with E-state index in [0.717, 1.165) is 6.26 Å². The van der Waals surface area contributed by atoms with E-state index < -0.39 is 10.0 Å². The molecule has 11 heteroatoms. The first-order valence-corrected chi connectivity index (χ1v) is 9.40. The summed E-state index contributed by atoms with van der Waals surface area (Å²) in [6.45, 7) is 2.00. The van der Waals surface area contributed by atoms with Crippen LogP contribution in [0.5, 0.6) is 11.5 Å². The van der Waals surface area contributed by atoms with Gasteiger partial charge in [-0.3, -0.25) is 4.72 Å². The largest absolute Gasteiger partial charge is 0.493 e. The van der Waals surface area contributed by atoms with Gasteiger partial charge < -0.3 is 19.3 Å². The van der Waals surface area contributed by atoms with Crippen molar-refractivity contribution in [3.8, 4) is 23.0 Å². The summed E-state index contributed by atoms with van der Waals surface area (Å²) in [4.78, 5) is 4.35. The number of benzene rings is 1. The van der Waals surface area contributed by atoms with Crippen LogP contribution in [0.4, 0.5) is 5.69 Å². The normalized spacial score (nSPS) is 12.2. The van der Waals surface area contributed by atoms with E-state index in [-0.39, 0.29) is 35.8 Å². The standard InChI is InChI=1S/C15H22N4O5S.ClH/c1-9(16-2)6-13-17-15(24-18-13)10-7-11(19-25(5,20)21)14(23-4)12(8-10)22-3;/h7-9,16,19H,6H2,1-5H3;1H. The van der Waals surface area contributed by atoms with Gasteiger partial charge in [-0.25, -0.2) is 8.42 Å². The number of nitrogens with one attached hydrogen (secondary N) is 2. The van der Waals surface area contributed by atoms with Crippen LogP contribution in [-0.4, -0.2) is 52.1 Å². The van der Waals surface area contributed by atoms with E-state index in [4.69, 9.17) is 14.0 Å². The van der Waals surface area contributed by atoms with Gasteiger partial charge in [-0.15, -0.1) is 12.4 Å². The van der Waals surface area contributed by atoms with Gasteiger partial charge in [0.2, 0.25) is 10.0 Å². The number of likely N-dealkylation sites (N-methyl/N-ethyl adjacent to an activating group) is 1. The zero-order valence-electron chi connectivity index (χ0n) is 15.2. The summed E-state index contributed by atoms with van der Waals surface area (Å²) >= 11 is 0. The number of hydrogen-bond donors (Lipinski definition) is 2. The van der Waals surface area contributed by atoms with Crippen LogP contribution >= 0.6 is 12.4 Å². The fraction of sp³-hybridized carbons (Fsp3) is 0.467. The second-order valence-corrected chi connectivity index (χ2v) is 7.29. The fourth-order valence-electron chi connectivity index (χ4n) is 2.19. The van der Waals surface area contributed by atoms with E-state index in [9.17, 15) is 8.42 Å². The van der Waals surface area contributed by atoms with Crippen LogP contribution in [0.1, 0.15) is 12.7 Å². The van der Waals surface area contributed by atoms with Gasteiger partial charge in [0, 0.05) is 18.0 Å². The van der Waals surface area contributed by atoms with E-state index >= 15 is 0 Å². The number of nitrogens with zero attached hydrogens (tertiary/aromatic N) is 2. The molecule has 1 aromatic heterocycles. The van der Waals surface area contributed by atoms with Crippen LogP contribution in [0.25, 0.3) is 11.5 Å². The van der Waals surface area contributed by atoms with Gasteiger partial charge in [0.05, 0.1) is 26.2 Å². The molecule has 9 nitrogen and oxygen atoms in total. The lowest BCUT2D eigenvalue weighted by molar-refractivity contribution is 0.356. The molecule has 1 heterocycles. The first-order valence-electron chi connectivity index (χ1n) is 7.51. The number of aromatic nitrogens is 2. The van der Waals surface area contributed by atoms with Gasteiger partial charge in [0.25, 0.3) is 5.89 Å². The lowest BCUT2D eigenvalue weighted by Crippen LogP contribution is -2.24. The van der Waals surface area contributed by atoms with E-state index in [1.165, 1.54) is 14.2 Å². The maximum absolute atomic E-state index is 11.6. The van der Waals surface area contributed by atoms with Crippen molar-refractivity contribution in [3.05, 3.63) is 18.0 Å². The molecule has 146 valence electrons. The Morgan fingerprint density at radius 3 is 2.50 bits per heavy atom. The van der Waals surface area contributed by atoms with Crippen LogP contribution in [-0.2, 0) is 16.4 Å². The Hall–Kier alpha value is -2.04. The molecule has 0 bridgehead atoms. The molecule has 2 N–H and O–H groups in total. The van der Waals surface area contributed by atoms with Gasteiger partial charge in [0.1, 0.15) is 0 Å². The molecule has 0 aliphatic heterocycles. The first-order chi connectivity index (χ1) is 11.8. The average molecular weight is 407 g/mol. The Morgan fingerprint density at radius 2 is 1.96 bits per heavy atom. The molecule has 2 rings (SSSR count). The van der Waals surface area contributed by atoms with Crippen LogP contribution in [0.3, 0.4) is 0 Å². The molecule has 0 spiro atoms. The van der Waals surface area contributed by atoms with Crippen molar-refractivity contribution in [3.63, 3.8) is 0 Å². The highest BCUT2D eigenvalue weighted by Crippen LogP contribution is 2.39. The molecule has 1 unspecified atom stereocenters. The number of methoxy groups -OCH3 is 2. The first kappa shape index (κ1) is 22.0. The highest BCUT2D eigenvalue weighted by molar-refractivity contribution is 7.92. The highest BCUT2D eigenvalue weighted by Gasteiger charge is 2.19. The third-order valence-corrected chi connectivity index (χ3v) is 4.06. The quantitative estimate of drug-likeness (QED) is 0.680. The SMILES string of the molecule is CNC(C)Cc1noc(-c2cc(NS(C)(=O)=O)c(OC)c(OC)c2)n1.Cl. The number of halogens is 1. The smallest absolute Gasteiger partial charge is 0.258 e. The summed E-state index contributed by atoms with van der Waals surface area (Å²) in [7, 11) is 1.23. The van der Waals surface area contributed by atoms with Crippen molar-refractivity contribution >= 4 is 28.1 Å². The molecule has 0 amide bonds. The predicted octanol–water partition coefficient (Wildman–Crippen LogP) is 1.70. The summed E-state index contributed by atoms with van der Waals surface area (Å²) in [5.74, 6) is 1.41. The lowest BCUT2D eigenvalue weighted by atomic mass is 10.1. The van der Waals surface area contributed by atoms with Crippen LogP contribution in [0, 0.1) is 0 Å². The van der Waals surface area contributed by atoms with Crippen molar-refractivity contribution in [1.29, 1.82) is 0 Å². The molecular formula is C15H23ClN4O5S.